The van der Waals surface area contributed by atoms with Crippen LogP contribution >= 0.6 is 0 Å². The second-order valence-corrected chi connectivity index (χ2v) is 5.72. The van der Waals surface area contributed by atoms with E-state index in [4.69, 9.17) is 0 Å². The van der Waals surface area contributed by atoms with E-state index in [9.17, 15) is 4.79 Å². The van der Waals surface area contributed by atoms with Crippen LogP contribution in [0.15, 0.2) is 60.7 Å². The zero-order valence-electron chi connectivity index (χ0n) is 11.9. The molecule has 2 aromatic carbocycles. The van der Waals surface area contributed by atoms with E-state index in [1.54, 1.807) is 0 Å². The Morgan fingerprint density at radius 3 is 2.29 bits per heavy atom. The van der Waals surface area contributed by atoms with Gasteiger partial charge >= 0.3 is 0 Å². The highest BCUT2D eigenvalue weighted by molar-refractivity contribution is 6.00. The largest absolute Gasteiger partial charge is 0.294 e. The molecule has 0 N–H and O–H groups in total. The summed E-state index contributed by atoms with van der Waals surface area (Å²) in [6.07, 6.45) is 2.43. The standard InChI is InChI=1S/C18H18N2O/c21-18-17(14-8-3-1-4-9-14)19-13-7-12-16(19)20(18)15-10-5-2-6-11-15/h1-6,8-11,16-17H,7,12-13H2/t16-,17+/m1/s1. The number of para-hydroxylation sites is 1. The number of anilines is 1. The molecule has 0 saturated carbocycles. The molecule has 2 saturated heterocycles. The average molecular weight is 278 g/mol. The lowest BCUT2D eigenvalue weighted by Crippen LogP contribution is -2.35. The monoisotopic (exact) mass is 278 g/mol. The number of hydrogen-bond acceptors (Lipinski definition) is 2. The van der Waals surface area contributed by atoms with Crippen LogP contribution in [0.4, 0.5) is 5.69 Å². The predicted octanol–water partition coefficient (Wildman–Crippen LogP) is 3.20. The van der Waals surface area contributed by atoms with Crippen molar-refractivity contribution in [1.29, 1.82) is 0 Å². The van der Waals surface area contributed by atoms with E-state index in [1.165, 1.54) is 0 Å². The molecule has 0 bridgehead atoms. The molecule has 2 fully saturated rings. The summed E-state index contributed by atoms with van der Waals surface area (Å²) in [5.41, 5.74) is 2.12. The Hall–Kier alpha value is -2.13. The molecule has 0 aromatic heterocycles. The minimum Gasteiger partial charge on any atom is -0.294 e. The van der Waals surface area contributed by atoms with Crippen molar-refractivity contribution in [2.24, 2.45) is 0 Å². The van der Waals surface area contributed by atoms with Gasteiger partial charge in [0.25, 0.3) is 0 Å². The number of carbonyl (C=O) groups excluding carboxylic acids is 1. The summed E-state index contributed by atoms with van der Waals surface area (Å²) in [7, 11) is 0. The lowest BCUT2D eigenvalue weighted by molar-refractivity contribution is -0.119. The lowest BCUT2D eigenvalue weighted by Gasteiger charge is -2.24. The average Bonchev–Trinajstić information content (AvgIpc) is 3.08. The molecule has 2 aliphatic heterocycles. The Labute approximate surface area is 124 Å². The van der Waals surface area contributed by atoms with Crippen LogP contribution in [0.1, 0.15) is 24.4 Å². The molecule has 0 unspecified atom stereocenters. The van der Waals surface area contributed by atoms with Gasteiger partial charge in [-0.1, -0.05) is 48.5 Å². The van der Waals surface area contributed by atoms with Gasteiger partial charge in [0, 0.05) is 12.2 Å². The van der Waals surface area contributed by atoms with E-state index < -0.39 is 0 Å². The SMILES string of the molecule is O=C1[C@H](c2ccccc2)N2CCC[C@H]2N1c1ccccc1. The molecule has 4 rings (SSSR count). The van der Waals surface area contributed by atoms with Crippen molar-refractivity contribution < 1.29 is 4.79 Å². The topological polar surface area (TPSA) is 23.6 Å². The van der Waals surface area contributed by atoms with Gasteiger partial charge in [-0.2, -0.15) is 0 Å². The predicted molar refractivity (Wildman–Crippen MR) is 82.8 cm³/mol. The molecule has 0 radical (unpaired) electrons. The van der Waals surface area contributed by atoms with Crippen LogP contribution in [0.2, 0.25) is 0 Å². The summed E-state index contributed by atoms with van der Waals surface area (Å²) in [6.45, 7) is 0.999. The molecule has 3 heteroatoms. The maximum atomic E-state index is 13.0. The molecule has 2 atom stereocenters. The quantitative estimate of drug-likeness (QED) is 0.842. The smallest absolute Gasteiger partial charge is 0.250 e. The Balaban J connectivity index is 1.76. The van der Waals surface area contributed by atoms with Gasteiger partial charge < -0.3 is 0 Å². The summed E-state index contributed by atoms with van der Waals surface area (Å²) in [6, 6.07) is 20.1. The van der Waals surface area contributed by atoms with Crippen molar-refractivity contribution >= 4 is 11.6 Å². The summed E-state index contributed by atoms with van der Waals surface area (Å²) >= 11 is 0. The molecule has 2 heterocycles. The van der Waals surface area contributed by atoms with Crippen LogP contribution in [0.5, 0.6) is 0 Å². The van der Waals surface area contributed by atoms with Crippen LogP contribution < -0.4 is 4.90 Å². The molecule has 2 aliphatic rings. The van der Waals surface area contributed by atoms with Crippen molar-refractivity contribution in [2.45, 2.75) is 25.0 Å². The van der Waals surface area contributed by atoms with E-state index in [2.05, 4.69) is 17.0 Å². The zero-order chi connectivity index (χ0) is 14.2. The van der Waals surface area contributed by atoms with Crippen LogP contribution in [-0.4, -0.2) is 23.5 Å². The second kappa shape index (κ2) is 5.01. The second-order valence-electron chi connectivity index (χ2n) is 5.72. The van der Waals surface area contributed by atoms with Crippen LogP contribution in [0, 0.1) is 0 Å². The van der Waals surface area contributed by atoms with Crippen molar-refractivity contribution in [3.05, 3.63) is 66.2 Å². The molecule has 0 spiro atoms. The fourth-order valence-electron chi connectivity index (χ4n) is 3.63. The number of carbonyl (C=O) groups is 1. The first-order valence-electron chi connectivity index (χ1n) is 7.55. The number of rotatable bonds is 2. The highest BCUT2D eigenvalue weighted by Crippen LogP contribution is 2.41. The van der Waals surface area contributed by atoms with Gasteiger partial charge in [-0.05, 0) is 30.5 Å². The van der Waals surface area contributed by atoms with Crippen LogP contribution in [0.25, 0.3) is 0 Å². The van der Waals surface area contributed by atoms with E-state index in [1.807, 2.05) is 53.4 Å². The minimum absolute atomic E-state index is 0.126. The van der Waals surface area contributed by atoms with Crippen molar-refractivity contribution in [3.8, 4) is 0 Å². The maximum absolute atomic E-state index is 13.0. The number of benzene rings is 2. The first-order chi connectivity index (χ1) is 10.4. The van der Waals surface area contributed by atoms with E-state index in [0.29, 0.717) is 0 Å². The third kappa shape index (κ3) is 1.96. The molecular weight excluding hydrogens is 260 g/mol. The molecular formula is C18H18N2O. The molecule has 2 aromatic rings. The Kier molecular flexibility index (Phi) is 3.00. The first-order valence-corrected chi connectivity index (χ1v) is 7.55. The normalized spacial score (nSPS) is 25.3. The Morgan fingerprint density at radius 1 is 0.905 bits per heavy atom. The van der Waals surface area contributed by atoms with Gasteiger partial charge in [-0.25, -0.2) is 0 Å². The van der Waals surface area contributed by atoms with Gasteiger partial charge in [0.15, 0.2) is 0 Å². The van der Waals surface area contributed by atoms with E-state index >= 15 is 0 Å². The highest BCUT2D eigenvalue weighted by Gasteiger charge is 2.49. The van der Waals surface area contributed by atoms with Crippen LogP contribution in [0.3, 0.4) is 0 Å². The third-order valence-electron chi connectivity index (χ3n) is 4.51. The zero-order valence-corrected chi connectivity index (χ0v) is 11.9. The van der Waals surface area contributed by atoms with Crippen molar-refractivity contribution in [2.75, 3.05) is 11.4 Å². The molecule has 1 amide bonds. The van der Waals surface area contributed by atoms with Crippen molar-refractivity contribution in [1.82, 2.24) is 4.90 Å². The molecule has 0 aliphatic carbocycles. The molecule has 21 heavy (non-hydrogen) atoms. The van der Waals surface area contributed by atoms with Gasteiger partial charge in [0.05, 0.1) is 6.17 Å². The summed E-state index contributed by atoms with van der Waals surface area (Å²) in [5.74, 6) is 0.206. The number of fused-ring (bicyclic) bond motifs is 1. The fourth-order valence-corrected chi connectivity index (χ4v) is 3.63. The molecule has 106 valence electrons. The van der Waals surface area contributed by atoms with Gasteiger partial charge in [0.1, 0.15) is 6.04 Å². The minimum atomic E-state index is -0.126. The lowest BCUT2D eigenvalue weighted by atomic mass is 10.1. The van der Waals surface area contributed by atoms with Gasteiger partial charge in [-0.3, -0.25) is 14.6 Å². The molecule has 3 nitrogen and oxygen atoms in total. The first kappa shape index (κ1) is 12.6. The number of amides is 1. The highest BCUT2D eigenvalue weighted by atomic mass is 16.2. The van der Waals surface area contributed by atoms with E-state index in [-0.39, 0.29) is 18.1 Å². The number of nitrogens with zero attached hydrogens (tertiary/aromatic N) is 2. The maximum Gasteiger partial charge on any atom is 0.250 e. The van der Waals surface area contributed by atoms with Crippen molar-refractivity contribution in [3.63, 3.8) is 0 Å². The Bertz CT molecular complexity index is 585. The van der Waals surface area contributed by atoms with Gasteiger partial charge in [-0.15, -0.1) is 0 Å². The summed E-state index contributed by atoms with van der Waals surface area (Å²) < 4.78 is 0. The third-order valence-corrected chi connectivity index (χ3v) is 4.51. The van der Waals surface area contributed by atoms with Crippen LogP contribution in [-0.2, 0) is 4.79 Å². The Morgan fingerprint density at radius 2 is 1.57 bits per heavy atom. The van der Waals surface area contributed by atoms with Gasteiger partial charge in [0.2, 0.25) is 5.91 Å². The van der Waals surface area contributed by atoms with E-state index in [0.717, 1.165) is 30.6 Å². The fraction of sp³-hybridized carbons (Fsp3) is 0.278. The summed E-state index contributed by atoms with van der Waals surface area (Å²) in [4.78, 5) is 17.3. The number of hydrogen-bond donors (Lipinski definition) is 0. The summed E-state index contributed by atoms with van der Waals surface area (Å²) in [5, 5.41) is 0.